The summed E-state index contributed by atoms with van der Waals surface area (Å²) in [6, 6.07) is 13.9. The zero-order chi connectivity index (χ0) is 19.6. The van der Waals surface area contributed by atoms with Crippen molar-refractivity contribution in [3.05, 3.63) is 59.7 Å². The van der Waals surface area contributed by atoms with Crippen molar-refractivity contribution in [1.29, 1.82) is 0 Å². The lowest BCUT2D eigenvalue weighted by atomic mass is 10.1. The van der Waals surface area contributed by atoms with Crippen molar-refractivity contribution in [3.8, 4) is 5.75 Å². The first-order valence-corrected chi connectivity index (χ1v) is 10.7. The standard InChI is InChI=1S/C20H22N2O5S/c23-20(21-14-17-12-15-4-1-2-7-19(15)27-17)16-5-3-6-18(13-16)28(24,25)22-8-10-26-11-9-22/h1-7,13,17H,8-12,14H2,(H,21,23). The zero-order valence-electron chi connectivity index (χ0n) is 15.3. The van der Waals surface area contributed by atoms with E-state index in [2.05, 4.69) is 5.32 Å². The van der Waals surface area contributed by atoms with Crippen LogP contribution in [0.3, 0.4) is 0 Å². The van der Waals surface area contributed by atoms with Crippen LogP contribution in [-0.4, -0.2) is 57.6 Å². The van der Waals surface area contributed by atoms with Crippen LogP contribution in [0, 0.1) is 0 Å². The topological polar surface area (TPSA) is 84.9 Å². The Bertz CT molecular complexity index is 945. The highest BCUT2D eigenvalue weighted by atomic mass is 32.2. The molecule has 2 aliphatic rings. The molecule has 2 aromatic rings. The molecular formula is C20H22N2O5S. The largest absolute Gasteiger partial charge is 0.488 e. The van der Waals surface area contributed by atoms with Gasteiger partial charge in [0, 0.05) is 25.1 Å². The number of nitrogens with one attached hydrogen (secondary N) is 1. The number of rotatable bonds is 5. The molecule has 1 N–H and O–H groups in total. The third kappa shape index (κ3) is 3.89. The first-order valence-electron chi connectivity index (χ1n) is 9.25. The number of carbonyl (C=O) groups is 1. The number of amides is 1. The predicted octanol–water partition coefficient (Wildman–Crippen LogP) is 1.44. The second-order valence-corrected chi connectivity index (χ2v) is 8.74. The minimum atomic E-state index is -3.64. The van der Waals surface area contributed by atoms with Gasteiger partial charge in [-0.1, -0.05) is 24.3 Å². The number of fused-ring (bicyclic) bond motifs is 1. The Morgan fingerprint density at radius 3 is 2.68 bits per heavy atom. The lowest BCUT2D eigenvalue weighted by Gasteiger charge is -2.26. The molecule has 8 heteroatoms. The molecule has 1 unspecified atom stereocenters. The summed E-state index contributed by atoms with van der Waals surface area (Å²) >= 11 is 0. The zero-order valence-corrected chi connectivity index (χ0v) is 16.2. The minimum absolute atomic E-state index is 0.117. The summed E-state index contributed by atoms with van der Waals surface area (Å²) in [4.78, 5) is 12.7. The van der Waals surface area contributed by atoms with E-state index in [1.165, 1.54) is 16.4 Å². The molecule has 1 amide bonds. The summed E-state index contributed by atoms with van der Waals surface area (Å²) in [5.41, 5.74) is 1.44. The maximum absolute atomic E-state index is 12.8. The van der Waals surface area contributed by atoms with Gasteiger partial charge in [0.15, 0.2) is 0 Å². The molecule has 0 saturated carbocycles. The first-order chi connectivity index (χ1) is 13.5. The van der Waals surface area contributed by atoms with Crippen LogP contribution in [-0.2, 0) is 21.2 Å². The van der Waals surface area contributed by atoms with E-state index in [0.29, 0.717) is 38.4 Å². The van der Waals surface area contributed by atoms with E-state index >= 15 is 0 Å². The molecule has 1 fully saturated rings. The third-order valence-corrected chi connectivity index (χ3v) is 6.80. The van der Waals surface area contributed by atoms with Crippen molar-refractivity contribution in [2.75, 3.05) is 32.8 Å². The monoisotopic (exact) mass is 402 g/mol. The highest BCUT2D eigenvalue weighted by molar-refractivity contribution is 7.89. The quantitative estimate of drug-likeness (QED) is 0.818. The number of hydrogen-bond donors (Lipinski definition) is 1. The number of sulfonamides is 1. The maximum atomic E-state index is 12.8. The molecule has 0 spiro atoms. The highest BCUT2D eigenvalue weighted by Gasteiger charge is 2.27. The molecule has 7 nitrogen and oxygen atoms in total. The number of morpholine rings is 1. The smallest absolute Gasteiger partial charge is 0.251 e. The highest BCUT2D eigenvalue weighted by Crippen LogP contribution is 2.27. The number of ether oxygens (including phenoxy) is 2. The minimum Gasteiger partial charge on any atom is -0.488 e. The van der Waals surface area contributed by atoms with Gasteiger partial charge < -0.3 is 14.8 Å². The summed E-state index contributed by atoms with van der Waals surface area (Å²) in [7, 11) is -3.64. The van der Waals surface area contributed by atoms with Gasteiger partial charge in [-0.15, -0.1) is 0 Å². The van der Waals surface area contributed by atoms with Crippen LogP contribution in [0.15, 0.2) is 53.4 Å². The van der Waals surface area contributed by atoms with Crippen LogP contribution in [0.25, 0.3) is 0 Å². The van der Waals surface area contributed by atoms with Crippen LogP contribution in [0.4, 0.5) is 0 Å². The summed E-state index contributed by atoms with van der Waals surface area (Å²) in [5.74, 6) is 0.527. The van der Waals surface area contributed by atoms with Crippen LogP contribution in [0.2, 0.25) is 0 Å². The number of nitrogens with zero attached hydrogens (tertiary/aromatic N) is 1. The van der Waals surface area contributed by atoms with E-state index in [-0.39, 0.29) is 16.9 Å². The van der Waals surface area contributed by atoms with Crippen molar-refractivity contribution in [1.82, 2.24) is 9.62 Å². The molecule has 0 aromatic heterocycles. The van der Waals surface area contributed by atoms with Crippen LogP contribution < -0.4 is 10.1 Å². The first kappa shape index (κ1) is 18.9. The van der Waals surface area contributed by atoms with E-state index in [4.69, 9.17) is 9.47 Å². The summed E-state index contributed by atoms with van der Waals surface area (Å²) < 4.78 is 38.0. The van der Waals surface area contributed by atoms with Gasteiger partial charge in [0.25, 0.3) is 5.91 Å². The molecule has 1 atom stereocenters. The molecule has 0 aliphatic carbocycles. The second-order valence-electron chi connectivity index (χ2n) is 6.81. The van der Waals surface area contributed by atoms with Crippen molar-refractivity contribution >= 4 is 15.9 Å². The summed E-state index contributed by atoms with van der Waals surface area (Å²) in [5, 5.41) is 2.84. The SMILES string of the molecule is O=C(NCC1Cc2ccccc2O1)c1cccc(S(=O)(=O)N2CCOCC2)c1. The van der Waals surface area contributed by atoms with E-state index in [0.717, 1.165) is 17.7 Å². The molecule has 4 rings (SSSR count). The van der Waals surface area contributed by atoms with Crippen molar-refractivity contribution < 1.29 is 22.7 Å². The lowest BCUT2D eigenvalue weighted by Crippen LogP contribution is -2.40. The van der Waals surface area contributed by atoms with E-state index in [1.807, 2.05) is 24.3 Å². The van der Waals surface area contributed by atoms with E-state index in [1.54, 1.807) is 12.1 Å². The Balaban J connectivity index is 1.41. The number of benzene rings is 2. The Kier molecular flexibility index (Phi) is 5.34. The lowest BCUT2D eigenvalue weighted by molar-refractivity contribution is 0.0730. The Hall–Kier alpha value is -2.42. The van der Waals surface area contributed by atoms with Gasteiger partial charge in [-0.05, 0) is 29.8 Å². The van der Waals surface area contributed by atoms with Gasteiger partial charge in [0.2, 0.25) is 10.0 Å². The van der Waals surface area contributed by atoms with Gasteiger partial charge in [0.05, 0.1) is 24.7 Å². The molecule has 148 valence electrons. The average Bonchev–Trinajstić information content (AvgIpc) is 3.16. The Morgan fingerprint density at radius 1 is 1.11 bits per heavy atom. The predicted molar refractivity (Wildman–Crippen MR) is 103 cm³/mol. The van der Waals surface area contributed by atoms with E-state index in [9.17, 15) is 13.2 Å². The molecule has 0 bridgehead atoms. The normalized spacial score (nSPS) is 19.6. The Morgan fingerprint density at radius 2 is 1.89 bits per heavy atom. The van der Waals surface area contributed by atoms with Crippen molar-refractivity contribution in [2.24, 2.45) is 0 Å². The van der Waals surface area contributed by atoms with Crippen molar-refractivity contribution in [2.45, 2.75) is 17.4 Å². The van der Waals surface area contributed by atoms with Crippen LogP contribution in [0.5, 0.6) is 5.75 Å². The van der Waals surface area contributed by atoms with Gasteiger partial charge in [-0.3, -0.25) is 4.79 Å². The molecule has 2 aromatic carbocycles. The molecule has 0 radical (unpaired) electrons. The molecule has 2 aliphatic heterocycles. The molecular weight excluding hydrogens is 380 g/mol. The van der Waals surface area contributed by atoms with E-state index < -0.39 is 10.0 Å². The summed E-state index contributed by atoms with van der Waals surface area (Å²) in [6.45, 7) is 1.75. The van der Waals surface area contributed by atoms with Gasteiger partial charge in [0.1, 0.15) is 11.9 Å². The third-order valence-electron chi connectivity index (χ3n) is 4.91. The van der Waals surface area contributed by atoms with Crippen LogP contribution >= 0.6 is 0 Å². The summed E-state index contributed by atoms with van der Waals surface area (Å²) in [6.07, 6.45) is 0.614. The maximum Gasteiger partial charge on any atom is 0.251 e. The molecule has 1 saturated heterocycles. The van der Waals surface area contributed by atoms with Crippen LogP contribution in [0.1, 0.15) is 15.9 Å². The fraction of sp³-hybridized carbons (Fsp3) is 0.350. The van der Waals surface area contributed by atoms with Crippen molar-refractivity contribution in [3.63, 3.8) is 0 Å². The number of para-hydroxylation sites is 1. The number of hydrogen-bond acceptors (Lipinski definition) is 5. The molecule has 2 heterocycles. The second kappa shape index (κ2) is 7.90. The van der Waals surface area contributed by atoms with Gasteiger partial charge in [-0.25, -0.2) is 8.42 Å². The van der Waals surface area contributed by atoms with Gasteiger partial charge >= 0.3 is 0 Å². The average molecular weight is 402 g/mol. The fourth-order valence-corrected chi connectivity index (χ4v) is 4.86. The fourth-order valence-electron chi connectivity index (χ4n) is 3.41. The Labute approximate surface area is 164 Å². The molecule has 28 heavy (non-hydrogen) atoms. The van der Waals surface area contributed by atoms with Gasteiger partial charge in [-0.2, -0.15) is 4.31 Å². The number of carbonyl (C=O) groups excluding carboxylic acids is 1.